The highest BCUT2D eigenvalue weighted by molar-refractivity contribution is 9.10. The van der Waals surface area contributed by atoms with E-state index < -0.39 is 12.0 Å². The third kappa shape index (κ3) is 5.37. The molecule has 0 spiro atoms. The fraction of sp³-hybridized carbons (Fsp3) is 0.125. The lowest BCUT2D eigenvalue weighted by atomic mass is 10.2. The van der Waals surface area contributed by atoms with Crippen molar-refractivity contribution in [1.82, 2.24) is 5.43 Å². The van der Waals surface area contributed by atoms with Gasteiger partial charge in [0.25, 0.3) is 5.91 Å². The summed E-state index contributed by atoms with van der Waals surface area (Å²) in [6.45, 7) is 1.63. The van der Waals surface area contributed by atoms with Gasteiger partial charge in [0.15, 0.2) is 6.10 Å². The Morgan fingerprint density at radius 1 is 1.22 bits per heavy atom. The first kappa shape index (κ1) is 17.5. The Morgan fingerprint density at radius 2 is 1.87 bits per heavy atom. The molecule has 1 atom stereocenters. The van der Waals surface area contributed by atoms with Gasteiger partial charge in [-0.2, -0.15) is 5.10 Å². The Morgan fingerprint density at radius 3 is 2.57 bits per heavy atom. The molecule has 1 amide bonds. The van der Waals surface area contributed by atoms with Gasteiger partial charge in [-0.25, -0.2) is 5.43 Å². The van der Waals surface area contributed by atoms with Crippen LogP contribution in [0.4, 0.5) is 0 Å². The highest BCUT2D eigenvalue weighted by Gasteiger charge is 2.13. The van der Waals surface area contributed by atoms with Gasteiger partial charge in [-0.1, -0.05) is 31.9 Å². The number of hydrogen-bond donors (Lipinski definition) is 2. The van der Waals surface area contributed by atoms with Crippen molar-refractivity contribution in [3.05, 3.63) is 57.0 Å². The zero-order valence-electron chi connectivity index (χ0n) is 12.2. The molecule has 0 unspecified atom stereocenters. The predicted octanol–water partition coefficient (Wildman–Crippen LogP) is 3.83. The number of aromatic hydroxyl groups is 1. The van der Waals surface area contributed by atoms with Crippen LogP contribution < -0.4 is 10.2 Å². The van der Waals surface area contributed by atoms with Crippen LogP contribution in [0.3, 0.4) is 0 Å². The monoisotopic (exact) mass is 440 g/mol. The highest BCUT2D eigenvalue weighted by atomic mass is 79.9. The number of amides is 1. The minimum atomic E-state index is -0.704. The first-order chi connectivity index (χ1) is 11.0. The van der Waals surface area contributed by atoms with Crippen LogP contribution in [0.1, 0.15) is 12.5 Å². The molecule has 2 rings (SSSR count). The average Bonchev–Trinajstić information content (AvgIpc) is 2.52. The lowest BCUT2D eigenvalue weighted by Gasteiger charge is -2.12. The number of carbonyl (C=O) groups is 1. The van der Waals surface area contributed by atoms with Crippen LogP contribution in [0, 0.1) is 0 Å². The highest BCUT2D eigenvalue weighted by Crippen LogP contribution is 2.20. The van der Waals surface area contributed by atoms with E-state index in [2.05, 4.69) is 42.4 Å². The Bertz CT molecular complexity index is 718. The van der Waals surface area contributed by atoms with Crippen molar-refractivity contribution in [3.63, 3.8) is 0 Å². The van der Waals surface area contributed by atoms with Gasteiger partial charge in [-0.15, -0.1) is 0 Å². The Labute approximate surface area is 150 Å². The molecular formula is C16H14Br2N2O3. The Kier molecular flexibility index (Phi) is 6.18. The second kappa shape index (κ2) is 8.12. The molecule has 0 fully saturated rings. The van der Waals surface area contributed by atoms with E-state index in [1.54, 1.807) is 31.2 Å². The summed E-state index contributed by atoms with van der Waals surface area (Å²) >= 11 is 6.63. The summed E-state index contributed by atoms with van der Waals surface area (Å²) in [6.07, 6.45) is 0.661. The van der Waals surface area contributed by atoms with Crippen molar-refractivity contribution in [2.45, 2.75) is 13.0 Å². The average molecular weight is 442 g/mol. The zero-order chi connectivity index (χ0) is 16.8. The third-order valence-corrected chi connectivity index (χ3v) is 3.89. The van der Waals surface area contributed by atoms with Crippen LogP contribution in [-0.2, 0) is 4.79 Å². The van der Waals surface area contributed by atoms with Gasteiger partial charge in [-0.05, 0) is 49.4 Å². The second-order valence-corrected chi connectivity index (χ2v) is 6.48. The minimum Gasteiger partial charge on any atom is -0.507 e. The number of ether oxygens (including phenoxy) is 1. The number of rotatable bonds is 5. The SMILES string of the molecule is C[C@H](Oc1ccc(Br)cc1)C(=O)N/N=C/c1cc(Br)ccc1O. The van der Waals surface area contributed by atoms with Crippen LogP contribution in [0.2, 0.25) is 0 Å². The molecule has 23 heavy (non-hydrogen) atoms. The Balaban J connectivity index is 1.92. The van der Waals surface area contributed by atoms with Crippen LogP contribution >= 0.6 is 31.9 Å². The summed E-state index contributed by atoms with van der Waals surface area (Å²) in [7, 11) is 0. The molecule has 0 aliphatic heterocycles. The van der Waals surface area contributed by atoms with Crippen molar-refractivity contribution in [2.75, 3.05) is 0 Å². The molecule has 7 heteroatoms. The lowest BCUT2D eigenvalue weighted by Crippen LogP contribution is -2.33. The van der Waals surface area contributed by atoms with Gasteiger partial charge in [0.1, 0.15) is 11.5 Å². The summed E-state index contributed by atoms with van der Waals surface area (Å²) in [6, 6.07) is 12.1. The molecule has 0 aliphatic carbocycles. The van der Waals surface area contributed by atoms with E-state index in [4.69, 9.17) is 4.74 Å². The number of hydrazone groups is 1. The number of benzene rings is 2. The largest absolute Gasteiger partial charge is 0.507 e. The zero-order valence-corrected chi connectivity index (χ0v) is 15.3. The van der Waals surface area contributed by atoms with E-state index >= 15 is 0 Å². The summed E-state index contributed by atoms with van der Waals surface area (Å²) in [5.41, 5.74) is 2.87. The van der Waals surface area contributed by atoms with Gasteiger partial charge in [0, 0.05) is 14.5 Å². The van der Waals surface area contributed by atoms with Crippen LogP contribution in [0.15, 0.2) is 56.5 Å². The van der Waals surface area contributed by atoms with E-state index in [9.17, 15) is 9.90 Å². The Hall–Kier alpha value is -1.86. The van der Waals surface area contributed by atoms with Crippen molar-refractivity contribution in [1.29, 1.82) is 0 Å². The van der Waals surface area contributed by atoms with Gasteiger partial charge < -0.3 is 9.84 Å². The molecular weight excluding hydrogens is 428 g/mol. The van der Waals surface area contributed by atoms with Crippen LogP contribution in [-0.4, -0.2) is 23.3 Å². The topological polar surface area (TPSA) is 70.9 Å². The van der Waals surface area contributed by atoms with Crippen LogP contribution in [0.25, 0.3) is 0 Å². The molecule has 0 aromatic heterocycles. The van der Waals surface area contributed by atoms with Gasteiger partial charge >= 0.3 is 0 Å². The maximum atomic E-state index is 11.9. The predicted molar refractivity (Wildman–Crippen MR) is 95.8 cm³/mol. The molecule has 0 aliphatic rings. The molecule has 0 heterocycles. The minimum absolute atomic E-state index is 0.0744. The molecule has 0 saturated heterocycles. The fourth-order valence-corrected chi connectivity index (χ4v) is 2.30. The number of carbonyl (C=O) groups excluding carboxylic acids is 1. The molecule has 0 saturated carbocycles. The molecule has 2 aromatic carbocycles. The first-order valence-electron chi connectivity index (χ1n) is 6.69. The quantitative estimate of drug-likeness (QED) is 0.547. The van der Waals surface area contributed by atoms with Crippen molar-refractivity contribution in [2.24, 2.45) is 5.10 Å². The maximum Gasteiger partial charge on any atom is 0.280 e. The molecule has 120 valence electrons. The summed E-state index contributed by atoms with van der Waals surface area (Å²) in [5.74, 6) is 0.272. The number of phenols is 1. The number of phenolic OH excluding ortho intramolecular Hbond substituents is 1. The smallest absolute Gasteiger partial charge is 0.280 e. The van der Waals surface area contributed by atoms with E-state index in [0.717, 1.165) is 8.95 Å². The number of hydrogen-bond acceptors (Lipinski definition) is 4. The van der Waals surface area contributed by atoms with E-state index in [1.165, 1.54) is 12.3 Å². The van der Waals surface area contributed by atoms with E-state index in [1.807, 2.05) is 12.1 Å². The van der Waals surface area contributed by atoms with Gasteiger partial charge in [0.05, 0.1) is 6.21 Å². The standard InChI is InChI=1S/C16H14Br2N2O3/c1-10(23-14-5-2-12(17)3-6-14)16(22)20-19-9-11-8-13(18)4-7-15(11)21/h2-10,21H,1H3,(H,20,22)/b19-9+/t10-/m0/s1. The normalized spacial score (nSPS) is 12.1. The number of nitrogens with one attached hydrogen (secondary N) is 1. The molecule has 2 N–H and O–H groups in total. The lowest BCUT2D eigenvalue weighted by molar-refractivity contribution is -0.127. The second-order valence-electron chi connectivity index (χ2n) is 4.65. The fourth-order valence-electron chi connectivity index (χ4n) is 1.66. The maximum absolute atomic E-state index is 11.9. The van der Waals surface area contributed by atoms with E-state index in [0.29, 0.717) is 11.3 Å². The van der Waals surface area contributed by atoms with Crippen molar-refractivity contribution >= 4 is 44.0 Å². The van der Waals surface area contributed by atoms with Crippen molar-refractivity contribution < 1.29 is 14.6 Å². The number of nitrogens with zero attached hydrogens (tertiary/aromatic N) is 1. The first-order valence-corrected chi connectivity index (χ1v) is 8.28. The summed E-state index contributed by atoms with van der Waals surface area (Å²) < 4.78 is 7.24. The van der Waals surface area contributed by atoms with Crippen molar-refractivity contribution in [3.8, 4) is 11.5 Å². The van der Waals surface area contributed by atoms with Gasteiger partial charge in [-0.3, -0.25) is 4.79 Å². The van der Waals surface area contributed by atoms with Crippen LogP contribution in [0.5, 0.6) is 11.5 Å². The van der Waals surface area contributed by atoms with Gasteiger partial charge in [0.2, 0.25) is 0 Å². The summed E-state index contributed by atoms with van der Waals surface area (Å²) in [4.78, 5) is 11.9. The summed E-state index contributed by atoms with van der Waals surface area (Å²) in [5, 5.41) is 13.5. The van der Waals surface area contributed by atoms with E-state index in [-0.39, 0.29) is 5.75 Å². The molecule has 0 bridgehead atoms. The number of halogens is 2. The molecule has 0 radical (unpaired) electrons. The third-order valence-electron chi connectivity index (χ3n) is 2.86. The molecule has 2 aromatic rings. The molecule has 5 nitrogen and oxygen atoms in total.